The van der Waals surface area contributed by atoms with E-state index in [0.29, 0.717) is 0 Å². The molecular formula is C24H24BrClN2O4S. The van der Waals surface area contributed by atoms with Gasteiger partial charge in [0.2, 0.25) is 15.9 Å². The van der Waals surface area contributed by atoms with Crippen LogP contribution in [0, 0.1) is 0 Å². The molecule has 3 aromatic rings. The molecule has 0 aliphatic heterocycles. The van der Waals surface area contributed by atoms with Gasteiger partial charge in [-0.3, -0.25) is 4.79 Å². The Hall–Kier alpha value is -2.39. The van der Waals surface area contributed by atoms with E-state index in [-0.39, 0.29) is 28.1 Å². The van der Waals surface area contributed by atoms with E-state index in [1.54, 1.807) is 0 Å². The van der Waals surface area contributed by atoms with Gasteiger partial charge in [-0.15, -0.1) is 0 Å². The third-order valence-electron chi connectivity index (χ3n) is 5.02. The zero-order valence-electron chi connectivity index (χ0n) is 18.1. The molecule has 0 radical (unpaired) electrons. The predicted octanol–water partition coefficient (Wildman–Crippen LogP) is 4.88. The number of methoxy groups -OCH3 is 1. The van der Waals surface area contributed by atoms with Gasteiger partial charge in [-0.05, 0) is 54.8 Å². The summed E-state index contributed by atoms with van der Waals surface area (Å²) in [7, 11) is -2.75. The van der Waals surface area contributed by atoms with Crippen molar-refractivity contribution in [2.45, 2.75) is 30.3 Å². The minimum absolute atomic E-state index is 0.133. The average Bonchev–Trinajstić information content (AvgIpc) is 2.79. The molecule has 0 heterocycles. The summed E-state index contributed by atoms with van der Waals surface area (Å²) in [5.41, 5.74) is 1.70. The van der Waals surface area contributed by atoms with Gasteiger partial charge in [0.25, 0.3) is 0 Å². The van der Waals surface area contributed by atoms with Crippen LogP contribution in [-0.2, 0) is 21.2 Å². The van der Waals surface area contributed by atoms with Gasteiger partial charge < -0.3 is 10.1 Å². The highest BCUT2D eigenvalue weighted by Crippen LogP contribution is 2.27. The molecule has 33 heavy (non-hydrogen) atoms. The van der Waals surface area contributed by atoms with E-state index in [0.717, 1.165) is 15.6 Å². The first kappa shape index (κ1) is 25.2. The number of halogens is 2. The number of hydrogen-bond acceptors (Lipinski definition) is 4. The molecule has 0 unspecified atom stereocenters. The normalized spacial score (nSPS) is 13.2. The van der Waals surface area contributed by atoms with Gasteiger partial charge in [-0.1, -0.05) is 70.0 Å². The summed E-state index contributed by atoms with van der Waals surface area (Å²) in [6.45, 7) is 1.84. The number of carbonyl (C=O) groups is 1. The number of carbonyl (C=O) groups excluding carboxylic acids is 1. The first-order chi connectivity index (χ1) is 15.7. The van der Waals surface area contributed by atoms with Gasteiger partial charge >= 0.3 is 0 Å². The second-order valence-corrected chi connectivity index (χ2v) is 10.5. The maximum absolute atomic E-state index is 13.2. The lowest BCUT2D eigenvalue weighted by Crippen LogP contribution is -2.48. The largest absolute Gasteiger partial charge is 0.495 e. The molecule has 2 atom stereocenters. The van der Waals surface area contributed by atoms with Crippen molar-refractivity contribution in [3.63, 3.8) is 0 Å². The second kappa shape index (κ2) is 11.2. The van der Waals surface area contributed by atoms with Crippen LogP contribution < -0.4 is 14.8 Å². The molecule has 0 aliphatic rings. The van der Waals surface area contributed by atoms with Gasteiger partial charge in [0.1, 0.15) is 16.7 Å². The van der Waals surface area contributed by atoms with E-state index < -0.39 is 22.0 Å². The van der Waals surface area contributed by atoms with Crippen molar-refractivity contribution in [2.75, 3.05) is 7.11 Å². The van der Waals surface area contributed by atoms with Gasteiger partial charge in [-0.2, -0.15) is 4.72 Å². The van der Waals surface area contributed by atoms with Crippen molar-refractivity contribution in [1.82, 2.24) is 10.0 Å². The maximum Gasteiger partial charge on any atom is 0.245 e. The Morgan fingerprint density at radius 1 is 1.06 bits per heavy atom. The standard InChI is InChI=1S/C24H24BrClN2O4S/c1-16(18-9-6-10-19(25)14-18)27-24(29)21(13-17-7-4-3-5-8-17)28-33(30,31)23-15-20(26)11-12-22(23)32-2/h3-12,14-16,21,28H,13H2,1-2H3,(H,27,29)/t16-,21+/m0/s1. The molecule has 9 heteroatoms. The Morgan fingerprint density at radius 2 is 1.79 bits per heavy atom. The van der Waals surface area contributed by atoms with E-state index in [4.69, 9.17) is 16.3 Å². The van der Waals surface area contributed by atoms with Crippen molar-refractivity contribution >= 4 is 43.5 Å². The fraction of sp³-hybridized carbons (Fsp3) is 0.208. The Bertz CT molecular complexity index is 1220. The molecule has 0 bridgehead atoms. The minimum Gasteiger partial charge on any atom is -0.495 e. The Labute approximate surface area is 207 Å². The van der Waals surface area contributed by atoms with Gasteiger partial charge in [0.15, 0.2) is 0 Å². The lowest BCUT2D eigenvalue weighted by molar-refractivity contribution is -0.123. The van der Waals surface area contributed by atoms with Crippen molar-refractivity contribution in [3.05, 3.63) is 93.4 Å². The lowest BCUT2D eigenvalue weighted by atomic mass is 10.0. The summed E-state index contributed by atoms with van der Waals surface area (Å²) in [6, 6.07) is 19.7. The molecule has 1 amide bonds. The number of sulfonamides is 1. The van der Waals surface area contributed by atoms with Crippen LogP contribution in [0.2, 0.25) is 5.02 Å². The molecule has 0 spiro atoms. The monoisotopic (exact) mass is 550 g/mol. The van der Waals surface area contributed by atoms with Crippen LogP contribution in [0.3, 0.4) is 0 Å². The first-order valence-electron chi connectivity index (χ1n) is 10.1. The summed E-state index contributed by atoms with van der Waals surface area (Å²) in [4.78, 5) is 13.1. The fourth-order valence-corrected chi connectivity index (χ4v) is 5.37. The van der Waals surface area contributed by atoms with Crippen molar-refractivity contribution in [2.24, 2.45) is 0 Å². The molecule has 3 rings (SSSR count). The second-order valence-electron chi connectivity index (χ2n) is 7.44. The van der Waals surface area contributed by atoms with Crippen LogP contribution in [0.25, 0.3) is 0 Å². The average molecular weight is 552 g/mol. The van der Waals surface area contributed by atoms with Gasteiger partial charge in [0, 0.05) is 9.50 Å². The summed E-state index contributed by atoms with van der Waals surface area (Å²) in [6.07, 6.45) is 0.167. The van der Waals surface area contributed by atoms with Gasteiger partial charge in [0.05, 0.1) is 13.2 Å². The van der Waals surface area contributed by atoms with Crippen LogP contribution in [0.15, 0.2) is 82.2 Å². The van der Waals surface area contributed by atoms with Crippen LogP contribution in [0.1, 0.15) is 24.1 Å². The third-order valence-corrected chi connectivity index (χ3v) is 7.24. The SMILES string of the molecule is COc1ccc(Cl)cc1S(=O)(=O)N[C@H](Cc1ccccc1)C(=O)N[C@@H](C)c1cccc(Br)c1. The number of ether oxygens (including phenoxy) is 1. The van der Waals surface area contributed by atoms with E-state index in [2.05, 4.69) is 26.0 Å². The molecule has 6 nitrogen and oxygen atoms in total. The van der Waals surface area contributed by atoms with E-state index in [9.17, 15) is 13.2 Å². The lowest BCUT2D eigenvalue weighted by Gasteiger charge is -2.22. The minimum atomic E-state index is -4.12. The highest BCUT2D eigenvalue weighted by atomic mass is 79.9. The number of rotatable bonds is 9. The predicted molar refractivity (Wildman–Crippen MR) is 133 cm³/mol. The highest BCUT2D eigenvalue weighted by molar-refractivity contribution is 9.10. The zero-order valence-corrected chi connectivity index (χ0v) is 21.2. The third kappa shape index (κ3) is 6.80. The van der Waals surface area contributed by atoms with Crippen LogP contribution in [0.5, 0.6) is 5.75 Å². The molecule has 174 valence electrons. The van der Waals surface area contributed by atoms with Crippen molar-refractivity contribution in [1.29, 1.82) is 0 Å². The van der Waals surface area contributed by atoms with Gasteiger partial charge in [-0.25, -0.2) is 8.42 Å². The molecule has 0 aliphatic carbocycles. The van der Waals surface area contributed by atoms with E-state index in [1.807, 2.05) is 61.5 Å². The Balaban J connectivity index is 1.89. The van der Waals surface area contributed by atoms with E-state index >= 15 is 0 Å². The smallest absolute Gasteiger partial charge is 0.245 e. The number of amides is 1. The molecule has 0 saturated carbocycles. The van der Waals surface area contributed by atoms with Crippen molar-refractivity contribution in [3.8, 4) is 5.75 Å². The topological polar surface area (TPSA) is 84.5 Å². The Kier molecular flexibility index (Phi) is 8.53. The summed E-state index contributed by atoms with van der Waals surface area (Å²) >= 11 is 9.46. The zero-order chi connectivity index (χ0) is 24.0. The highest BCUT2D eigenvalue weighted by Gasteiger charge is 2.29. The summed E-state index contributed by atoms with van der Waals surface area (Å²) < 4.78 is 35.1. The van der Waals surface area contributed by atoms with E-state index in [1.165, 1.54) is 25.3 Å². The summed E-state index contributed by atoms with van der Waals surface area (Å²) in [5, 5.41) is 3.15. The molecule has 0 aromatic heterocycles. The quantitative estimate of drug-likeness (QED) is 0.397. The Morgan fingerprint density at radius 3 is 2.45 bits per heavy atom. The molecule has 3 aromatic carbocycles. The molecular weight excluding hydrogens is 528 g/mol. The number of benzene rings is 3. The molecule has 2 N–H and O–H groups in total. The summed E-state index contributed by atoms with van der Waals surface area (Å²) in [5.74, 6) is -0.316. The fourth-order valence-electron chi connectivity index (χ4n) is 3.32. The van der Waals surface area contributed by atoms with Crippen molar-refractivity contribution < 1.29 is 17.9 Å². The van der Waals surface area contributed by atoms with Crippen LogP contribution >= 0.6 is 27.5 Å². The van der Waals surface area contributed by atoms with Crippen LogP contribution in [0.4, 0.5) is 0 Å². The number of nitrogens with one attached hydrogen (secondary N) is 2. The maximum atomic E-state index is 13.2. The molecule has 0 fully saturated rings. The van der Waals surface area contributed by atoms with Crippen LogP contribution in [-0.4, -0.2) is 27.5 Å². The first-order valence-corrected chi connectivity index (χ1v) is 12.8. The molecule has 0 saturated heterocycles. The number of hydrogen-bond donors (Lipinski definition) is 2.